The Morgan fingerprint density at radius 3 is 2.62 bits per heavy atom. The van der Waals surface area contributed by atoms with Crippen LogP contribution in [0.4, 0.5) is 5.69 Å². The SMILES string of the molecule is C=C/C=C(/O)C(=N)N=Cc1cccc(NC(=O)c2ccc(C)cc2OC)c1.CC. The van der Waals surface area contributed by atoms with Gasteiger partial charge in [0.1, 0.15) is 5.75 Å². The molecule has 3 N–H and O–H groups in total. The van der Waals surface area contributed by atoms with E-state index in [0.29, 0.717) is 22.6 Å². The summed E-state index contributed by atoms with van der Waals surface area (Å²) < 4.78 is 5.27. The highest BCUT2D eigenvalue weighted by Gasteiger charge is 2.12. The van der Waals surface area contributed by atoms with Crippen molar-refractivity contribution < 1.29 is 14.6 Å². The Hall–Kier alpha value is -3.67. The Balaban J connectivity index is 0.00000204. The number of aliphatic imine (C=N–C) groups is 1. The minimum absolute atomic E-state index is 0.280. The van der Waals surface area contributed by atoms with Crippen LogP contribution >= 0.6 is 0 Å². The smallest absolute Gasteiger partial charge is 0.259 e. The van der Waals surface area contributed by atoms with Crippen LogP contribution in [-0.4, -0.2) is 30.2 Å². The topological polar surface area (TPSA) is 94.8 Å². The largest absolute Gasteiger partial charge is 0.504 e. The summed E-state index contributed by atoms with van der Waals surface area (Å²) in [4.78, 5) is 16.4. The van der Waals surface area contributed by atoms with E-state index >= 15 is 0 Å². The van der Waals surface area contributed by atoms with E-state index in [0.717, 1.165) is 5.56 Å². The molecule has 0 heterocycles. The van der Waals surface area contributed by atoms with Gasteiger partial charge in [-0.2, -0.15) is 0 Å². The molecule has 0 aromatic heterocycles. The van der Waals surface area contributed by atoms with Gasteiger partial charge in [-0.25, -0.2) is 4.99 Å². The van der Waals surface area contributed by atoms with Crippen LogP contribution in [0.2, 0.25) is 0 Å². The highest BCUT2D eigenvalue weighted by Crippen LogP contribution is 2.21. The fourth-order valence-corrected chi connectivity index (χ4v) is 2.28. The summed E-state index contributed by atoms with van der Waals surface area (Å²) in [6.07, 6.45) is 4.08. The Bertz CT molecular complexity index is 931. The lowest BCUT2D eigenvalue weighted by Gasteiger charge is -2.10. The molecule has 0 radical (unpaired) electrons. The van der Waals surface area contributed by atoms with Crippen molar-refractivity contribution in [3.63, 3.8) is 0 Å². The molecule has 0 bridgehead atoms. The van der Waals surface area contributed by atoms with Crippen LogP contribution in [-0.2, 0) is 0 Å². The number of nitrogens with zero attached hydrogens (tertiary/aromatic N) is 1. The van der Waals surface area contributed by atoms with E-state index in [9.17, 15) is 9.90 Å². The number of carbonyl (C=O) groups is 1. The maximum atomic E-state index is 12.5. The molecule has 0 aliphatic heterocycles. The number of hydrogen-bond donors (Lipinski definition) is 3. The number of anilines is 1. The first-order valence-electron chi connectivity index (χ1n) is 9.15. The van der Waals surface area contributed by atoms with Gasteiger partial charge in [0.05, 0.1) is 12.7 Å². The third-order valence-electron chi connectivity index (χ3n) is 3.61. The lowest BCUT2D eigenvalue weighted by Crippen LogP contribution is -2.13. The first-order valence-corrected chi connectivity index (χ1v) is 9.15. The summed E-state index contributed by atoms with van der Waals surface area (Å²) in [6.45, 7) is 9.37. The van der Waals surface area contributed by atoms with Gasteiger partial charge in [-0.15, -0.1) is 0 Å². The van der Waals surface area contributed by atoms with Gasteiger partial charge in [0.2, 0.25) is 0 Å². The van der Waals surface area contributed by atoms with Crippen molar-refractivity contribution in [2.75, 3.05) is 12.4 Å². The second-order valence-electron chi connectivity index (χ2n) is 5.68. The van der Waals surface area contributed by atoms with Crippen LogP contribution in [0.1, 0.15) is 35.3 Å². The molecule has 0 spiro atoms. The number of benzene rings is 2. The number of hydrogen-bond acceptors (Lipinski definition) is 4. The van der Waals surface area contributed by atoms with E-state index in [1.165, 1.54) is 25.5 Å². The zero-order chi connectivity index (χ0) is 21.8. The van der Waals surface area contributed by atoms with Crippen LogP contribution in [0, 0.1) is 12.3 Å². The lowest BCUT2D eigenvalue weighted by atomic mass is 10.1. The van der Waals surface area contributed by atoms with Gasteiger partial charge < -0.3 is 15.2 Å². The Kier molecular flexibility index (Phi) is 9.61. The Morgan fingerprint density at radius 2 is 1.97 bits per heavy atom. The molecular weight excluding hydrogens is 366 g/mol. The molecule has 0 aliphatic carbocycles. The van der Waals surface area contributed by atoms with Gasteiger partial charge in [0.15, 0.2) is 11.6 Å². The van der Waals surface area contributed by atoms with Crippen LogP contribution in [0.3, 0.4) is 0 Å². The third-order valence-corrected chi connectivity index (χ3v) is 3.61. The molecule has 1 amide bonds. The van der Waals surface area contributed by atoms with E-state index < -0.39 is 0 Å². The molecule has 152 valence electrons. The maximum Gasteiger partial charge on any atom is 0.259 e. The molecule has 2 aromatic rings. The van der Waals surface area contributed by atoms with E-state index in [1.54, 1.807) is 36.4 Å². The van der Waals surface area contributed by atoms with Crippen molar-refractivity contribution in [2.24, 2.45) is 4.99 Å². The summed E-state index contributed by atoms with van der Waals surface area (Å²) in [6, 6.07) is 12.3. The lowest BCUT2D eigenvalue weighted by molar-refractivity contribution is 0.102. The minimum atomic E-state index is -0.291. The summed E-state index contributed by atoms with van der Waals surface area (Å²) in [5.74, 6) is -0.353. The molecule has 6 heteroatoms. The molecule has 0 saturated carbocycles. The van der Waals surface area contributed by atoms with E-state index in [-0.39, 0.29) is 17.5 Å². The number of aryl methyl sites for hydroxylation is 1. The normalized spacial score (nSPS) is 10.7. The average Bonchev–Trinajstić information content (AvgIpc) is 2.73. The number of nitrogens with one attached hydrogen (secondary N) is 2. The number of rotatable bonds is 6. The third kappa shape index (κ3) is 7.10. The van der Waals surface area contributed by atoms with Crippen molar-refractivity contribution in [3.8, 4) is 5.75 Å². The summed E-state index contributed by atoms with van der Waals surface area (Å²) in [5, 5.41) is 20.0. The fourth-order valence-electron chi connectivity index (χ4n) is 2.28. The van der Waals surface area contributed by atoms with Gasteiger partial charge >= 0.3 is 0 Å². The van der Waals surface area contributed by atoms with Gasteiger partial charge in [0.25, 0.3) is 5.91 Å². The predicted molar refractivity (Wildman–Crippen MR) is 120 cm³/mol. The van der Waals surface area contributed by atoms with E-state index in [4.69, 9.17) is 10.1 Å². The van der Waals surface area contributed by atoms with Crippen LogP contribution in [0.25, 0.3) is 0 Å². The van der Waals surface area contributed by atoms with Gasteiger partial charge in [-0.3, -0.25) is 10.2 Å². The number of carbonyl (C=O) groups excluding carboxylic acids is 1. The number of ether oxygens (including phenoxy) is 1. The van der Waals surface area contributed by atoms with E-state index in [1.807, 2.05) is 26.8 Å². The first kappa shape index (κ1) is 23.4. The fraction of sp³-hybridized carbons (Fsp3) is 0.174. The molecule has 0 unspecified atom stereocenters. The molecule has 0 aliphatic rings. The number of amides is 1. The van der Waals surface area contributed by atoms with Gasteiger partial charge in [0, 0.05) is 11.9 Å². The minimum Gasteiger partial charge on any atom is -0.504 e. The van der Waals surface area contributed by atoms with Crippen molar-refractivity contribution in [2.45, 2.75) is 20.8 Å². The number of allylic oxidation sites excluding steroid dienone is 2. The average molecular weight is 393 g/mol. The predicted octanol–water partition coefficient (Wildman–Crippen LogP) is 5.31. The Labute approximate surface area is 171 Å². The molecular formula is C23H27N3O3. The summed E-state index contributed by atoms with van der Waals surface area (Å²) >= 11 is 0. The monoisotopic (exact) mass is 393 g/mol. The number of amidine groups is 1. The van der Waals surface area contributed by atoms with Gasteiger partial charge in [-0.05, 0) is 48.4 Å². The highest BCUT2D eigenvalue weighted by atomic mass is 16.5. The van der Waals surface area contributed by atoms with Crippen molar-refractivity contribution in [1.29, 1.82) is 5.41 Å². The zero-order valence-electron chi connectivity index (χ0n) is 17.2. The summed E-state index contributed by atoms with van der Waals surface area (Å²) in [7, 11) is 1.52. The molecule has 0 atom stereocenters. The highest BCUT2D eigenvalue weighted by molar-refractivity contribution is 6.07. The molecule has 0 saturated heterocycles. The Morgan fingerprint density at radius 1 is 1.24 bits per heavy atom. The van der Waals surface area contributed by atoms with Crippen LogP contribution in [0.5, 0.6) is 5.75 Å². The molecule has 29 heavy (non-hydrogen) atoms. The molecule has 2 aromatic carbocycles. The number of aliphatic hydroxyl groups is 1. The van der Waals surface area contributed by atoms with Gasteiger partial charge in [-0.1, -0.05) is 44.7 Å². The van der Waals surface area contributed by atoms with Crippen molar-refractivity contribution in [3.05, 3.63) is 83.6 Å². The molecule has 0 fully saturated rings. The summed E-state index contributed by atoms with van der Waals surface area (Å²) in [5.41, 5.74) is 2.67. The van der Waals surface area contributed by atoms with Crippen molar-refractivity contribution >= 4 is 23.6 Å². The first-order chi connectivity index (χ1) is 13.9. The quantitative estimate of drug-likeness (QED) is 0.269. The van der Waals surface area contributed by atoms with Crippen molar-refractivity contribution in [1.82, 2.24) is 0 Å². The molecule has 6 nitrogen and oxygen atoms in total. The number of methoxy groups -OCH3 is 1. The second-order valence-corrected chi connectivity index (χ2v) is 5.68. The van der Waals surface area contributed by atoms with Crippen LogP contribution < -0.4 is 10.1 Å². The molecule has 2 rings (SSSR count). The van der Waals surface area contributed by atoms with Crippen LogP contribution in [0.15, 0.2) is 71.9 Å². The zero-order valence-corrected chi connectivity index (χ0v) is 17.2. The number of aliphatic hydroxyl groups excluding tert-OH is 1. The standard InChI is InChI=1S/C21H21N3O3.C2H6/c1-4-6-18(25)20(22)23-13-15-7-5-8-16(12-15)24-21(26)17-10-9-14(2)11-19(17)27-3;1-2/h4-13,22,25H,1H2,2-3H3,(H,24,26);1-2H3/b18-6+,22-20?,23-13?;. The maximum absolute atomic E-state index is 12.5. The van der Waals surface area contributed by atoms with E-state index in [2.05, 4.69) is 16.9 Å². The second kappa shape index (κ2) is 11.9.